The number of rotatable bonds is 2. The van der Waals surface area contributed by atoms with E-state index in [4.69, 9.17) is 4.74 Å². The Morgan fingerprint density at radius 1 is 1.15 bits per heavy atom. The van der Waals surface area contributed by atoms with Gasteiger partial charge in [-0.2, -0.15) is 0 Å². The van der Waals surface area contributed by atoms with Gasteiger partial charge in [0.05, 0.1) is 6.10 Å². The van der Waals surface area contributed by atoms with E-state index in [1.165, 1.54) is 19.8 Å². The zero-order valence-electron chi connectivity index (χ0n) is 17.4. The molecule has 4 heteroatoms. The first-order valence-corrected chi connectivity index (χ1v) is 11.1. The minimum Gasteiger partial charge on any atom is -0.463 e. The van der Waals surface area contributed by atoms with Crippen molar-refractivity contribution in [1.29, 1.82) is 0 Å². The molecule has 0 spiro atoms. The van der Waals surface area contributed by atoms with Gasteiger partial charge in [0.15, 0.2) is 0 Å². The number of ketones is 1. The number of carbonyl (C=O) groups is 2. The lowest BCUT2D eigenvalue weighted by atomic mass is 9.44. The lowest BCUT2D eigenvalue weighted by Crippen LogP contribution is -2.57. The first-order chi connectivity index (χ1) is 12.7. The van der Waals surface area contributed by atoms with Crippen LogP contribution in [0.2, 0.25) is 0 Å². The van der Waals surface area contributed by atoms with E-state index in [0.717, 1.165) is 32.1 Å². The topological polar surface area (TPSA) is 63.6 Å². The highest BCUT2D eigenvalue weighted by molar-refractivity contribution is 5.87. The molecule has 0 bridgehead atoms. The summed E-state index contributed by atoms with van der Waals surface area (Å²) in [4.78, 5) is 24.8. The zero-order valence-corrected chi connectivity index (χ0v) is 17.4. The summed E-state index contributed by atoms with van der Waals surface area (Å²) in [6.45, 7) is 7.94. The molecule has 27 heavy (non-hydrogen) atoms. The molecule has 0 aromatic carbocycles. The predicted molar refractivity (Wildman–Crippen MR) is 103 cm³/mol. The lowest BCUT2D eigenvalue weighted by molar-refractivity contribution is -0.168. The van der Waals surface area contributed by atoms with E-state index >= 15 is 0 Å². The fourth-order valence-corrected chi connectivity index (χ4v) is 8.08. The summed E-state index contributed by atoms with van der Waals surface area (Å²) in [5.41, 5.74) is -0.132. The van der Waals surface area contributed by atoms with E-state index in [9.17, 15) is 14.7 Å². The van der Waals surface area contributed by atoms with Gasteiger partial charge >= 0.3 is 5.97 Å². The van der Waals surface area contributed by atoms with Crippen molar-refractivity contribution < 1.29 is 19.4 Å². The molecule has 0 amide bonds. The quantitative estimate of drug-likeness (QED) is 0.736. The van der Waals surface area contributed by atoms with Crippen LogP contribution < -0.4 is 0 Å². The minimum absolute atomic E-state index is 0.0628. The average molecular weight is 377 g/mol. The summed E-state index contributed by atoms with van der Waals surface area (Å²) < 4.78 is 5.53. The van der Waals surface area contributed by atoms with Crippen molar-refractivity contribution in [3.63, 3.8) is 0 Å². The molecule has 4 aliphatic carbocycles. The van der Waals surface area contributed by atoms with Gasteiger partial charge in [0.2, 0.25) is 0 Å². The maximum absolute atomic E-state index is 13.4. The molecule has 9 atom stereocenters. The third-order valence-electron chi connectivity index (χ3n) is 9.46. The Morgan fingerprint density at radius 3 is 2.56 bits per heavy atom. The molecule has 0 aromatic rings. The summed E-state index contributed by atoms with van der Waals surface area (Å²) in [6.07, 6.45) is 7.78. The van der Waals surface area contributed by atoms with Crippen LogP contribution in [0.1, 0.15) is 79.1 Å². The molecule has 0 aromatic heterocycles. The average Bonchev–Trinajstić information content (AvgIpc) is 2.95. The van der Waals surface area contributed by atoms with Crippen molar-refractivity contribution in [2.24, 2.45) is 40.4 Å². The predicted octanol–water partition coefficient (Wildman–Crippen LogP) is 4.14. The normalized spacial score (nSPS) is 50.3. The van der Waals surface area contributed by atoms with Crippen molar-refractivity contribution in [1.82, 2.24) is 0 Å². The van der Waals surface area contributed by atoms with Crippen molar-refractivity contribution >= 4 is 11.8 Å². The van der Waals surface area contributed by atoms with Crippen LogP contribution >= 0.6 is 0 Å². The Balaban J connectivity index is 1.58. The number of hydrogen-bond donors (Lipinski definition) is 1. The molecule has 4 fully saturated rings. The summed E-state index contributed by atoms with van der Waals surface area (Å²) in [5.74, 6) is 2.43. The standard InChI is InChI=1S/C23H36O4/c1-13(24)18-7-8-19-17-6-5-15-11-16(27-14(2)25)9-10-22(15,3)20(17)12-21(26)23(18,19)4/h13,15-20,24H,5-12H2,1-4H3. The summed E-state index contributed by atoms with van der Waals surface area (Å²) in [5, 5.41) is 10.3. The largest absolute Gasteiger partial charge is 0.463 e. The van der Waals surface area contributed by atoms with Gasteiger partial charge in [-0.3, -0.25) is 9.59 Å². The van der Waals surface area contributed by atoms with Crippen LogP contribution in [0.4, 0.5) is 0 Å². The van der Waals surface area contributed by atoms with E-state index in [2.05, 4.69) is 13.8 Å². The van der Waals surface area contributed by atoms with Crippen LogP contribution in [-0.2, 0) is 14.3 Å². The number of fused-ring (bicyclic) bond motifs is 5. The van der Waals surface area contributed by atoms with E-state index in [0.29, 0.717) is 35.9 Å². The van der Waals surface area contributed by atoms with Crippen LogP contribution in [0.3, 0.4) is 0 Å². The van der Waals surface area contributed by atoms with Crippen molar-refractivity contribution in [2.75, 3.05) is 0 Å². The Morgan fingerprint density at radius 2 is 1.89 bits per heavy atom. The molecular formula is C23H36O4. The van der Waals surface area contributed by atoms with Gasteiger partial charge in [-0.05, 0) is 86.9 Å². The fraction of sp³-hybridized carbons (Fsp3) is 0.913. The maximum Gasteiger partial charge on any atom is 0.302 e. The highest BCUT2D eigenvalue weighted by atomic mass is 16.5. The second-order valence-corrected chi connectivity index (χ2v) is 10.5. The smallest absolute Gasteiger partial charge is 0.302 e. The van der Waals surface area contributed by atoms with Crippen LogP contribution in [0, 0.1) is 40.4 Å². The monoisotopic (exact) mass is 376 g/mol. The molecule has 0 radical (unpaired) electrons. The molecule has 4 saturated carbocycles. The number of aliphatic hydroxyl groups excluding tert-OH is 1. The number of Topliss-reactive ketones (excluding diaryl/α,β-unsaturated/α-hetero) is 1. The zero-order chi connectivity index (χ0) is 19.6. The highest BCUT2D eigenvalue weighted by Gasteiger charge is 2.64. The Labute approximate surface area is 163 Å². The molecule has 0 heterocycles. The van der Waals surface area contributed by atoms with E-state index in [-0.39, 0.29) is 28.8 Å². The number of carbonyl (C=O) groups excluding carboxylic acids is 2. The van der Waals surface area contributed by atoms with Crippen LogP contribution in [0.25, 0.3) is 0 Å². The van der Waals surface area contributed by atoms with Gasteiger partial charge in [-0.15, -0.1) is 0 Å². The van der Waals surface area contributed by atoms with Gasteiger partial charge in [0.25, 0.3) is 0 Å². The highest BCUT2D eigenvalue weighted by Crippen LogP contribution is 2.66. The van der Waals surface area contributed by atoms with E-state index in [1.54, 1.807) is 0 Å². The fourth-order valence-electron chi connectivity index (χ4n) is 8.08. The summed E-state index contributed by atoms with van der Waals surface area (Å²) in [6, 6.07) is 0. The van der Waals surface area contributed by atoms with Crippen LogP contribution in [0.5, 0.6) is 0 Å². The van der Waals surface area contributed by atoms with Crippen LogP contribution in [-0.4, -0.2) is 29.1 Å². The SMILES string of the molecule is CC(=O)OC1CCC2(C)C(CCC3C2CC(=O)C2(C)C(C(C)O)CCC32)C1. The number of esters is 1. The third kappa shape index (κ3) is 2.81. The molecule has 4 aliphatic rings. The first kappa shape index (κ1) is 19.4. The van der Waals surface area contributed by atoms with E-state index in [1.807, 2.05) is 6.92 Å². The summed E-state index contributed by atoms with van der Waals surface area (Å²) >= 11 is 0. The van der Waals surface area contributed by atoms with Crippen molar-refractivity contribution in [3.8, 4) is 0 Å². The molecule has 4 nitrogen and oxygen atoms in total. The van der Waals surface area contributed by atoms with Gasteiger partial charge in [0, 0.05) is 18.8 Å². The van der Waals surface area contributed by atoms with E-state index < -0.39 is 6.10 Å². The molecule has 1 N–H and O–H groups in total. The molecule has 9 unspecified atom stereocenters. The second-order valence-electron chi connectivity index (χ2n) is 10.5. The van der Waals surface area contributed by atoms with Crippen molar-refractivity contribution in [2.45, 2.75) is 91.3 Å². The van der Waals surface area contributed by atoms with Gasteiger partial charge in [-0.25, -0.2) is 0 Å². The summed E-state index contributed by atoms with van der Waals surface area (Å²) in [7, 11) is 0. The molecular weight excluding hydrogens is 340 g/mol. The number of aliphatic hydroxyl groups is 1. The first-order valence-electron chi connectivity index (χ1n) is 11.1. The molecule has 0 saturated heterocycles. The third-order valence-corrected chi connectivity index (χ3v) is 9.46. The molecule has 4 rings (SSSR count). The number of ether oxygens (including phenoxy) is 1. The van der Waals surface area contributed by atoms with Gasteiger partial charge in [0.1, 0.15) is 11.9 Å². The van der Waals surface area contributed by atoms with Crippen LogP contribution in [0.15, 0.2) is 0 Å². The number of hydrogen-bond acceptors (Lipinski definition) is 4. The Hall–Kier alpha value is -0.900. The molecule has 0 aliphatic heterocycles. The maximum atomic E-state index is 13.4. The van der Waals surface area contributed by atoms with Gasteiger partial charge < -0.3 is 9.84 Å². The lowest BCUT2D eigenvalue weighted by Gasteiger charge is -2.60. The Bertz CT molecular complexity index is 628. The minimum atomic E-state index is -0.397. The molecule has 152 valence electrons. The second kappa shape index (κ2) is 6.57. The Kier molecular flexibility index (Phi) is 4.73. The van der Waals surface area contributed by atoms with Gasteiger partial charge in [-0.1, -0.05) is 13.8 Å². The van der Waals surface area contributed by atoms with Crippen molar-refractivity contribution in [3.05, 3.63) is 0 Å².